The Hall–Kier alpha value is -2.11. The number of hydrogen-bond donors (Lipinski definition) is 1. The van der Waals surface area contributed by atoms with Crippen molar-refractivity contribution in [2.75, 3.05) is 19.6 Å². The molecule has 1 aliphatic heterocycles. The number of carbonyl (C=O) groups is 2. The molecule has 0 saturated carbocycles. The minimum Gasteiger partial charge on any atom is -0.481 e. The van der Waals surface area contributed by atoms with Crippen LogP contribution in [0.2, 0.25) is 0 Å². The smallest absolute Gasteiger partial charge is 0.260 e. The molecule has 1 unspecified atom stereocenters. The van der Waals surface area contributed by atoms with E-state index in [2.05, 4.69) is 5.32 Å². The Morgan fingerprint density at radius 1 is 1.41 bits per heavy atom. The lowest BCUT2D eigenvalue weighted by Crippen LogP contribution is -2.38. The maximum absolute atomic E-state index is 12.8. The first kappa shape index (κ1) is 16.3. The maximum atomic E-state index is 12.8. The SMILES string of the molecule is CC(Oc1ccc(F)cc1)C(=O)NCCCN1CCCC1=O. The third-order valence-electron chi connectivity index (χ3n) is 3.57. The summed E-state index contributed by atoms with van der Waals surface area (Å²) in [6.45, 7) is 3.63. The van der Waals surface area contributed by atoms with Crippen LogP contribution < -0.4 is 10.1 Å². The molecule has 1 atom stereocenters. The van der Waals surface area contributed by atoms with Crippen LogP contribution in [0.5, 0.6) is 5.75 Å². The summed E-state index contributed by atoms with van der Waals surface area (Å²) in [5.74, 6) is 0.0732. The Bertz CT molecular complexity index is 519. The molecule has 0 bridgehead atoms. The van der Waals surface area contributed by atoms with Gasteiger partial charge in [0.25, 0.3) is 5.91 Å². The van der Waals surface area contributed by atoms with Crippen LogP contribution in [0, 0.1) is 5.82 Å². The Kier molecular flexibility index (Phi) is 5.75. The molecule has 0 aliphatic carbocycles. The summed E-state index contributed by atoms with van der Waals surface area (Å²) in [6.07, 6.45) is 1.63. The second-order valence-electron chi connectivity index (χ2n) is 5.34. The molecule has 0 spiro atoms. The van der Waals surface area contributed by atoms with Gasteiger partial charge in [0.05, 0.1) is 0 Å². The number of amides is 2. The van der Waals surface area contributed by atoms with Crippen LogP contribution in [0.3, 0.4) is 0 Å². The number of benzene rings is 1. The number of rotatable bonds is 7. The molecule has 1 fully saturated rings. The third-order valence-corrected chi connectivity index (χ3v) is 3.57. The van der Waals surface area contributed by atoms with Crippen LogP contribution in [-0.4, -0.2) is 42.5 Å². The van der Waals surface area contributed by atoms with Gasteiger partial charge in [-0.3, -0.25) is 9.59 Å². The average molecular weight is 308 g/mol. The van der Waals surface area contributed by atoms with Gasteiger partial charge in [-0.25, -0.2) is 4.39 Å². The van der Waals surface area contributed by atoms with Gasteiger partial charge < -0.3 is 15.0 Å². The normalized spacial score (nSPS) is 15.7. The first-order chi connectivity index (χ1) is 10.6. The molecule has 1 saturated heterocycles. The standard InChI is InChI=1S/C16H21FN2O3/c1-12(22-14-7-5-13(17)6-8-14)16(21)18-9-3-11-19-10-2-4-15(19)20/h5-8,12H,2-4,9-11H2,1H3,(H,18,21). The molecule has 2 amide bonds. The van der Waals surface area contributed by atoms with Gasteiger partial charge in [0.2, 0.25) is 5.91 Å². The summed E-state index contributed by atoms with van der Waals surface area (Å²) in [5.41, 5.74) is 0. The highest BCUT2D eigenvalue weighted by atomic mass is 19.1. The topological polar surface area (TPSA) is 58.6 Å². The minimum atomic E-state index is -0.654. The van der Waals surface area contributed by atoms with Gasteiger partial charge in [0.1, 0.15) is 11.6 Å². The van der Waals surface area contributed by atoms with Gasteiger partial charge in [0, 0.05) is 26.1 Å². The zero-order chi connectivity index (χ0) is 15.9. The first-order valence-electron chi connectivity index (χ1n) is 7.54. The lowest BCUT2D eigenvalue weighted by atomic mass is 10.3. The Labute approximate surface area is 129 Å². The zero-order valence-corrected chi connectivity index (χ0v) is 12.7. The first-order valence-corrected chi connectivity index (χ1v) is 7.54. The molecule has 2 rings (SSSR count). The molecule has 0 radical (unpaired) electrons. The van der Waals surface area contributed by atoms with Crippen molar-refractivity contribution in [3.8, 4) is 5.75 Å². The van der Waals surface area contributed by atoms with E-state index in [0.29, 0.717) is 25.3 Å². The van der Waals surface area contributed by atoms with Gasteiger partial charge in [0.15, 0.2) is 6.10 Å². The lowest BCUT2D eigenvalue weighted by Gasteiger charge is -2.17. The quantitative estimate of drug-likeness (QED) is 0.780. The molecule has 1 aliphatic rings. The Morgan fingerprint density at radius 3 is 2.77 bits per heavy atom. The van der Waals surface area contributed by atoms with Crippen LogP contribution in [0.4, 0.5) is 4.39 Å². The molecule has 1 heterocycles. The van der Waals surface area contributed by atoms with Crippen molar-refractivity contribution in [3.05, 3.63) is 30.1 Å². The molecule has 120 valence electrons. The molecular weight excluding hydrogens is 287 g/mol. The van der Waals surface area contributed by atoms with E-state index in [1.54, 1.807) is 6.92 Å². The third kappa shape index (κ3) is 4.72. The number of halogens is 1. The summed E-state index contributed by atoms with van der Waals surface area (Å²) in [6, 6.07) is 5.54. The molecular formula is C16H21FN2O3. The fourth-order valence-electron chi connectivity index (χ4n) is 2.34. The summed E-state index contributed by atoms with van der Waals surface area (Å²) in [7, 11) is 0. The number of carbonyl (C=O) groups excluding carboxylic acids is 2. The average Bonchev–Trinajstić information content (AvgIpc) is 2.91. The number of hydrogen-bond acceptors (Lipinski definition) is 3. The Balaban J connectivity index is 1.65. The van der Waals surface area contributed by atoms with Crippen molar-refractivity contribution in [2.24, 2.45) is 0 Å². The van der Waals surface area contributed by atoms with Gasteiger partial charge in [-0.15, -0.1) is 0 Å². The number of nitrogens with one attached hydrogen (secondary N) is 1. The fourth-order valence-corrected chi connectivity index (χ4v) is 2.34. The summed E-state index contributed by atoms with van der Waals surface area (Å²) in [4.78, 5) is 25.1. The Morgan fingerprint density at radius 2 is 2.14 bits per heavy atom. The highest BCUT2D eigenvalue weighted by Crippen LogP contribution is 2.13. The van der Waals surface area contributed by atoms with E-state index >= 15 is 0 Å². The molecule has 5 nitrogen and oxygen atoms in total. The summed E-state index contributed by atoms with van der Waals surface area (Å²) >= 11 is 0. The van der Waals surface area contributed by atoms with Crippen molar-refractivity contribution in [1.82, 2.24) is 10.2 Å². The van der Waals surface area contributed by atoms with Crippen LogP contribution in [-0.2, 0) is 9.59 Å². The van der Waals surface area contributed by atoms with Crippen molar-refractivity contribution < 1.29 is 18.7 Å². The van der Waals surface area contributed by atoms with Gasteiger partial charge in [-0.2, -0.15) is 0 Å². The van der Waals surface area contributed by atoms with Crippen molar-refractivity contribution in [1.29, 1.82) is 0 Å². The van der Waals surface area contributed by atoms with Gasteiger partial charge >= 0.3 is 0 Å². The second-order valence-corrected chi connectivity index (χ2v) is 5.34. The minimum absolute atomic E-state index is 0.194. The monoisotopic (exact) mass is 308 g/mol. The van der Waals surface area contributed by atoms with Crippen LogP contribution in [0.1, 0.15) is 26.2 Å². The zero-order valence-electron chi connectivity index (χ0n) is 12.7. The van der Waals surface area contributed by atoms with E-state index in [0.717, 1.165) is 19.4 Å². The van der Waals surface area contributed by atoms with Gasteiger partial charge in [-0.1, -0.05) is 0 Å². The number of likely N-dealkylation sites (tertiary alicyclic amines) is 1. The van der Waals surface area contributed by atoms with E-state index in [9.17, 15) is 14.0 Å². The highest BCUT2D eigenvalue weighted by molar-refractivity contribution is 5.80. The predicted molar refractivity (Wildman–Crippen MR) is 79.9 cm³/mol. The summed E-state index contributed by atoms with van der Waals surface area (Å²) in [5, 5.41) is 2.78. The predicted octanol–water partition coefficient (Wildman–Crippen LogP) is 1.72. The number of ether oxygens (including phenoxy) is 1. The maximum Gasteiger partial charge on any atom is 0.260 e. The lowest BCUT2D eigenvalue weighted by molar-refractivity contribution is -0.127. The molecule has 1 N–H and O–H groups in total. The van der Waals surface area contributed by atoms with Crippen molar-refractivity contribution in [3.63, 3.8) is 0 Å². The van der Waals surface area contributed by atoms with Crippen LogP contribution >= 0.6 is 0 Å². The number of nitrogens with zero attached hydrogens (tertiary/aromatic N) is 1. The summed E-state index contributed by atoms with van der Waals surface area (Å²) < 4.78 is 18.2. The molecule has 1 aromatic carbocycles. The largest absolute Gasteiger partial charge is 0.481 e. The molecule has 6 heteroatoms. The van der Waals surface area contributed by atoms with E-state index < -0.39 is 6.10 Å². The fraction of sp³-hybridized carbons (Fsp3) is 0.500. The van der Waals surface area contributed by atoms with E-state index in [1.165, 1.54) is 24.3 Å². The molecule has 1 aromatic rings. The van der Waals surface area contributed by atoms with Crippen molar-refractivity contribution >= 4 is 11.8 Å². The van der Waals surface area contributed by atoms with E-state index in [1.807, 2.05) is 4.90 Å². The highest BCUT2D eigenvalue weighted by Gasteiger charge is 2.19. The van der Waals surface area contributed by atoms with E-state index in [4.69, 9.17) is 4.74 Å². The van der Waals surface area contributed by atoms with Gasteiger partial charge in [-0.05, 0) is 44.0 Å². The van der Waals surface area contributed by atoms with E-state index in [-0.39, 0.29) is 17.6 Å². The van der Waals surface area contributed by atoms with Crippen LogP contribution in [0.15, 0.2) is 24.3 Å². The molecule has 0 aromatic heterocycles. The second kappa shape index (κ2) is 7.77. The molecule has 22 heavy (non-hydrogen) atoms. The van der Waals surface area contributed by atoms with Crippen molar-refractivity contribution in [2.45, 2.75) is 32.3 Å². The van der Waals surface area contributed by atoms with Crippen LogP contribution in [0.25, 0.3) is 0 Å².